The van der Waals surface area contributed by atoms with E-state index < -0.39 is 95.3 Å². The van der Waals surface area contributed by atoms with Crippen LogP contribution in [0.5, 0.6) is 0 Å². The van der Waals surface area contributed by atoms with Crippen molar-refractivity contribution in [3.8, 4) is 0 Å². The molecule has 0 atom stereocenters. The minimum absolute atomic E-state index is 0.373. The van der Waals surface area contributed by atoms with Crippen molar-refractivity contribution in [1.82, 2.24) is 0 Å². The van der Waals surface area contributed by atoms with Crippen LogP contribution >= 0.6 is 0 Å². The number of hydrogen-bond donors (Lipinski definition) is 0. The zero-order valence-corrected chi connectivity index (χ0v) is 29.5. The first-order valence-corrected chi connectivity index (χ1v) is 21.1. The maximum atomic E-state index is 13.1. The van der Waals surface area contributed by atoms with Gasteiger partial charge < -0.3 is 0 Å². The third kappa shape index (κ3) is 13.7. The van der Waals surface area contributed by atoms with Gasteiger partial charge in [-0.3, -0.25) is 16.7 Å². The second kappa shape index (κ2) is 17.0. The Bertz CT molecular complexity index is 1750. The molecule has 16 heteroatoms. The van der Waals surface area contributed by atoms with Gasteiger partial charge in [0.2, 0.25) is 0 Å². The summed E-state index contributed by atoms with van der Waals surface area (Å²) in [5, 5.41) is 0. The number of hydrogen-bond acceptors (Lipinski definition) is 12. The Kier molecular flexibility index (Phi) is 13.3. The van der Waals surface area contributed by atoms with Crippen molar-refractivity contribution >= 4 is 40.5 Å². The Morgan fingerprint density at radius 3 is 0.694 bits per heavy atom. The summed E-state index contributed by atoms with van der Waals surface area (Å²) in [4.78, 5) is 0. The molecule has 0 heterocycles. The third-order valence-corrected chi connectivity index (χ3v) is 11.6. The molecule has 0 aromatic heterocycles. The van der Waals surface area contributed by atoms with E-state index >= 15 is 0 Å². The fraction of sp³-hybridized carbons (Fsp3) is 0.273. The second-order valence-corrected chi connectivity index (χ2v) is 17.9. The van der Waals surface area contributed by atoms with Crippen molar-refractivity contribution in [2.75, 3.05) is 26.4 Å². The Balaban J connectivity index is 1.64. The van der Waals surface area contributed by atoms with Crippen molar-refractivity contribution in [2.24, 2.45) is 5.41 Å². The van der Waals surface area contributed by atoms with Gasteiger partial charge in [-0.05, 0) is 22.3 Å². The maximum Gasteiger partial charge on any atom is 0.271 e. The van der Waals surface area contributed by atoms with Gasteiger partial charge in [-0.2, -0.15) is 33.7 Å². The fourth-order valence-corrected chi connectivity index (χ4v) is 8.84. The predicted octanol–water partition coefficient (Wildman–Crippen LogP) is 4.16. The molecule has 0 aliphatic carbocycles. The molecule has 0 fully saturated rings. The van der Waals surface area contributed by atoms with Gasteiger partial charge in [0.25, 0.3) is 40.5 Å². The molecule has 0 bridgehead atoms. The lowest BCUT2D eigenvalue weighted by molar-refractivity contribution is 0.00388. The molecule has 4 rings (SSSR count). The molecule has 0 spiro atoms. The Morgan fingerprint density at radius 1 is 0.327 bits per heavy atom. The highest BCUT2D eigenvalue weighted by Gasteiger charge is 2.39. The summed E-state index contributed by atoms with van der Waals surface area (Å²) in [6.07, 6.45) is 0. The van der Waals surface area contributed by atoms with Gasteiger partial charge in [0.1, 0.15) is 23.0 Å². The first-order chi connectivity index (χ1) is 23.1. The van der Waals surface area contributed by atoms with Crippen molar-refractivity contribution < 1.29 is 50.4 Å². The lowest BCUT2D eigenvalue weighted by Crippen LogP contribution is -2.44. The van der Waals surface area contributed by atoms with Gasteiger partial charge in [-0.25, -0.2) is 0 Å². The topological polar surface area (TPSA) is 173 Å². The van der Waals surface area contributed by atoms with E-state index in [0.29, 0.717) is 22.3 Å². The van der Waals surface area contributed by atoms with Crippen molar-refractivity contribution in [1.29, 1.82) is 0 Å². The summed E-state index contributed by atoms with van der Waals surface area (Å²) in [6.45, 7) is -3.81. The molecule has 0 aliphatic rings. The Labute approximate surface area is 288 Å². The van der Waals surface area contributed by atoms with Crippen LogP contribution in [0.25, 0.3) is 0 Å². The van der Waals surface area contributed by atoms with Gasteiger partial charge in [0.05, 0.1) is 31.8 Å². The highest BCUT2D eigenvalue weighted by molar-refractivity contribution is 7.86. The van der Waals surface area contributed by atoms with E-state index in [4.69, 9.17) is 16.7 Å². The molecule has 4 aromatic rings. The van der Waals surface area contributed by atoms with Crippen molar-refractivity contribution in [3.05, 3.63) is 144 Å². The van der Waals surface area contributed by atoms with Crippen LogP contribution in [0.2, 0.25) is 0 Å². The molecule has 0 aliphatic heterocycles. The first kappa shape index (κ1) is 38.3. The summed E-state index contributed by atoms with van der Waals surface area (Å²) in [7, 11) is -17.6. The van der Waals surface area contributed by atoms with E-state index in [-0.39, 0.29) is 0 Å². The van der Waals surface area contributed by atoms with Crippen LogP contribution in [0.3, 0.4) is 0 Å². The summed E-state index contributed by atoms with van der Waals surface area (Å²) >= 11 is 0. The summed E-state index contributed by atoms with van der Waals surface area (Å²) < 4.78 is 126. The zero-order chi connectivity index (χ0) is 35.4. The van der Waals surface area contributed by atoms with Crippen LogP contribution in [0.1, 0.15) is 22.3 Å². The zero-order valence-electron chi connectivity index (χ0n) is 26.2. The molecule has 0 unspecified atom stereocenters. The van der Waals surface area contributed by atoms with Gasteiger partial charge in [-0.1, -0.05) is 121 Å². The molecular formula is C33H36O12S4. The minimum Gasteiger partial charge on any atom is -0.269 e. The fourth-order valence-electron chi connectivity index (χ4n) is 4.39. The van der Waals surface area contributed by atoms with Crippen molar-refractivity contribution in [2.45, 2.75) is 23.0 Å². The highest BCUT2D eigenvalue weighted by Crippen LogP contribution is 2.27. The van der Waals surface area contributed by atoms with E-state index in [2.05, 4.69) is 0 Å². The molecule has 0 amide bonds. The molecule has 0 N–H and O–H groups in total. The molecule has 264 valence electrons. The highest BCUT2D eigenvalue weighted by atomic mass is 32.2. The average Bonchev–Trinajstić information content (AvgIpc) is 3.05. The predicted molar refractivity (Wildman–Crippen MR) is 183 cm³/mol. The van der Waals surface area contributed by atoms with Crippen LogP contribution in [0.4, 0.5) is 0 Å². The standard InChI is InChI=1S/C33H36O12S4/c34-46(35,21-29-13-5-1-6-14-29)42-25-33(26-43-47(36,37)22-30-15-7-2-8-16-30,27-44-48(38,39)23-31-17-9-3-10-18-31)28-45-49(40,41)24-32-19-11-4-12-20-32/h1-20H,21-28H2. The van der Waals surface area contributed by atoms with Crippen LogP contribution in [0, 0.1) is 5.41 Å². The molecular weight excluding hydrogens is 717 g/mol. The smallest absolute Gasteiger partial charge is 0.269 e. The first-order valence-electron chi connectivity index (χ1n) is 14.8. The average molecular weight is 753 g/mol. The molecule has 0 saturated heterocycles. The lowest BCUT2D eigenvalue weighted by atomic mass is 9.93. The Hall–Kier alpha value is -3.48. The lowest BCUT2D eigenvalue weighted by Gasteiger charge is -2.31. The summed E-state index contributed by atoms with van der Waals surface area (Å²) in [6, 6.07) is 32.1. The van der Waals surface area contributed by atoms with Gasteiger partial charge in [-0.15, -0.1) is 0 Å². The van der Waals surface area contributed by atoms with E-state index in [9.17, 15) is 33.7 Å². The maximum absolute atomic E-state index is 13.1. The van der Waals surface area contributed by atoms with Gasteiger partial charge in [0.15, 0.2) is 0 Å². The van der Waals surface area contributed by atoms with Crippen molar-refractivity contribution in [3.63, 3.8) is 0 Å². The van der Waals surface area contributed by atoms with E-state index in [1.54, 1.807) is 121 Å². The SMILES string of the molecule is O=S(=O)(Cc1ccccc1)OCC(COS(=O)(=O)Cc1ccccc1)(COS(=O)(=O)Cc1ccccc1)COS(=O)(=O)Cc1ccccc1. The molecule has 49 heavy (non-hydrogen) atoms. The summed E-state index contributed by atoms with van der Waals surface area (Å²) in [5.74, 6) is -2.34. The summed E-state index contributed by atoms with van der Waals surface area (Å²) in [5.41, 5.74) is -0.603. The normalized spacial score (nSPS) is 12.9. The minimum atomic E-state index is -4.39. The van der Waals surface area contributed by atoms with Crippen LogP contribution in [0.15, 0.2) is 121 Å². The molecule has 12 nitrogen and oxygen atoms in total. The quantitative estimate of drug-likeness (QED) is 0.118. The monoisotopic (exact) mass is 752 g/mol. The molecule has 4 aromatic carbocycles. The molecule has 0 radical (unpaired) electrons. The van der Waals surface area contributed by atoms with E-state index in [1.807, 2.05) is 0 Å². The van der Waals surface area contributed by atoms with Crippen LogP contribution in [-0.4, -0.2) is 60.1 Å². The van der Waals surface area contributed by atoms with E-state index in [1.165, 1.54) is 0 Å². The van der Waals surface area contributed by atoms with Crippen LogP contribution in [-0.2, 0) is 80.2 Å². The molecule has 0 saturated carbocycles. The largest absolute Gasteiger partial charge is 0.271 e. The second-order valence-electron chi connectivity index (χ2n) is 11.3. The third-order valence-electron chi connectivity index (χ3n) is 6.92. The van der Waals surface area contributed by atoms with Crippen LogP contribution < -0.4 is 0 Å². The van der Waals surface area contributed by atoms with Gasteiger partial charge in [0, 0.05) is 0 Å². The Morgan fingerprint density at radius 2 is 0.510 bits per heavy atom. The number of benzene rings is 4. The number of rotatable bonds is 20. The van der Waals surface area contributed by atoms with E-state index in [0.717, 1.165) is 0 Å². The van der Waals surface area contributed by atoms with Gasteiger partial charge >= 0.3 is 0 Å².